The second-order valence-electron chi connectivity index (χ2n) is 28.5. The predicted molar refractivity (Wildman–Crippen MR) is 381 cm³/mol. The molecule has 7 atom stereocenters. The molecule has 3 N–H and O–H groups in total. The average molecular weight is 1380 g/mol. The first kappa shape index (κ1) is 92.1. The van der Waals surface area contributed by atoms with Crippen LogP contribution in [0.15, 0.2) is 0 Å². The number of hydrogen-bond acceptors (Lipinski definition) is 15. The highest BCUT2D eigenvalue weighted by atomic mass is 31.2. The van der Waals surface area contributed by atoms with Gasteiger partial charge in [-0.15, -0.1) is 0 Å². The maximum atomic E-state index is 13.1. The molecule has 0 aliphatic heterocycles. The maximum Gasteiger partial charge on any atom is 0.472 e. The summed E-state index contributed by atoms with van der Waals surface area (Å²) in [5, 5.41) is 10.6. The van der Waals surface area contributed by atoms with Gasteiger partial charge >= 0.3 is 39.5 Å². The Morgan fingerprint density at radius 1 is 0.298 bits per heavy atom. The number of ether oxygens (including phenoxy) is 4. The summed E-state index contributed by atoms with van der Waals surface area (Å²) in [6.45, 7) is 14.2. The van der Waals surface area contributed by atoms with Crippen molar-refractivity contribution in [1.82, 2.24) is 0 Å². The molecule has 0 aromatic heterocycles. The number of carbonyl (C=O) groups is 4. The van der Waals surface area contributed by atoms with Gasteiger partial charge < -0.3 is 33.8 Å². The smallest absolute Gasteiger partial charge is 0.462 e. The highest BCUT2D eigenvalue weighted by Crippen LogP contribution is 2.45. The molecule has 0 spiro atoms. The third kappa shape index (κ3) is 66.0. The highest BCUT2D eigenvalue weighted by Gasteiger charge is 2.30. The summed E-state index contributed by atoms with van der Waals surface area (Å²) in [5.41, 5.74) is 0. The fraction of sp³-hybridized carbons (Fsp3) is 0.947. The largest absolute Gasteiger partial charge is 0.472 e. The van der Waals surface area contributed by atoms with Gasteiger partial charge in [0, 0.05) is 25.7 Å². The van der Waals surface area contributed by atoms with E-state index < -0.39 is 97.5 Å². The molecule has 5 unspecified atom stereocenters. The van der Waals surface area contributed by atoms with Crippen LogP contribution >= 0.6 is 15.6 Å². The van der Waals surface area contributed by atoms with Gasteiger partial charge in [-0.05, 0) is 49.4 Å². The minimum Gasteiger partial charge on any atom is -0.462 e. The molecule has 0 aliphatic carbocycles. The maximum absolute atomic E-state index is 13.1. The van der Waals surface area contributed by atoms with E-state index in [1.54, 1.807) is 0 Å². The molecule has 94 heavy (non-hydrogen) atoms. The molecule has 0 aliphatic rings. The van der Waals surface area contributed by atoms with Crippen LogP contribution in [0.1, 0.15) is 376 Å². The number of phosphoric ester groups is 2. The molecule has 0 bridgehead atoms. The molecule has 19 heteroatoms. The Morgan fingerprint density at radius 3 is 0.755 bits per heavy atom. The molecule has 0 fully saturated rings. The molecule has 17 nitrogen and oxygen atoms in total. The Morgan fingerprint density at radius 2 is 0.511 bits per heavy atom. The van der Waals surface area contributed by atoms with E-state index in [9.17, 15) is 43.2 Å². The molecule has 0 radical (unpaired) electrons. The van der Waals surface area contributed by atoms with Gasteiger partial charge in [-0.25, -0.2) is 9.13 Å². The summed E-state index contributed by atoms with van der Waals surface area (Å²) < 4.78 is 68.5. The lowest BCUT2D eigenvalue weighted by Gasteiger charge is -2.21. The van der Waals surface area contributed by atoms with Crippen molar-refractivity contribution in [2.75, 3.05) is 39.6 Å². The van der Waals surface area contributed by atoms with E-state index in [-0.39, 0.29) is 25.7 Å². The van der Waals surface area contributed by atoms with Crippen molar-refractivity contribution in [2.24, 2.45) is 23.7 Å². The first-order valence-electron chi connectivity index (χ1n) is 38.8. The summed E-state index contributed by atoms with van der Waals surface area (Å²) in [4.78, 5) is 72.8. The summed E-state index contributed by atoms with van der Waals surface area (Å²) in [6.07, 6.45) is 48.5. The van der Waals surface area contributed by atoms with Crippen LogP contribution in [0.5, 0.6) is 0 Å². The zero-order valence-electron chi connectivity index (χ0n) is 61.6. The monoisotopic (exact) mass is 1380 g/mol. The van der Waals surface area contributed by atoms with Crippen LogP contribution in [0.2, 0.25) is 0 Å². The molecule has 0 aromatic carbocycles. The number of aliphatic hydroxyl groups excluding tert-OH is 1. The molecule has 0 saturated heterocycles. The molecule has 0 amide bonds. The van der Waals surface area contributed by atoms with Crippen LogP contribution in [0, 0.1) is 23.7 Å². The quantitative estimate of drug-likeness (QED) is 0.0222. The lowest BCUT2D eigenvalue weighted by atomic mass is 9.99. The topological polar surface area (TPSA) is 237 Å². The number of phosphoric acid groups is 2. The van der Waals surface area contributed by atoms with E-state index in [0.29, 0.717) is 31.6 Å². The van der Waals surface area contributed by atoms with Crippen molar-refractivity contribution >= 4 is 39.5 Å². The van der Waals surface area contributed by atoms with E-state index in [1.165, 1.54) is 173 Å². The molecular weight excluding hydrogens is 1230 g/mol. The van der Waals surface area contributed by atoms with Gasteiger partial charge in [-0.2, -0.15) is 0 Å². The molecule has 558 valence electrons. The Labute approximate surface area is 575 Å². The first-order chi connectivity index (χ1) is 45.2. The summed E-state index contributed by atoms with van der Waals surface area (Å²) in [7, 11) is -9.91. The van der Waals surface area contributed by atoms with Crippen LogP contribution in [-0.4, -0.2) is 96.7 Å². The molecule has 0 rings (SSSR count). The van der Waals surface area contributed by atoms with Crippen LogP contribution < -0.4 is 0 Å². The van der Waals surface area contributed by atoms with E-state index in [1.807, 2.05) is 0 Å². The van der Waals surface area contributed by atoms with E-state index in [2.05, 4.69) is 55.4 Å². The highest BCUT2D eigenvalue weighted by molar-refractivity contribution is 7.47. The van der Waals surface area contributed by atoms with Gasteiger partial charge in [0.1, 0.15) is 19.3 Å². The SMILES string of the molecule is CCC(C)CCCCCCCCCCCCC(=O)OC[C@H](COP(=O)(O)OCC(O)COP(=O)(O)OC[C@@H](COC(=O)CCCCCCCCCC(C)C)OC(=O)CCCCCCCCCCCCCCCCCC(C)C)OC(=O)CCCCCCCCCCC(C)CC. The van der Waals surface area contributed by atoms with E-state index in [0.717, 1.165) is 114 Å². The normalized spacial score (nSPS) is 14.7. The van der Waals surface area contributed by atoms with Gasteiger partial charge in [-0.1, -0.05) is 325 Å². The zero-order valence-corrected chi connectivity index (χ0v) is 63.4. The summed E-state index contributed by atoms with van der Waals surface area (Å²) in [5.74, 6) is 0.963. The fourth-order valence-corrected chi connectivity index (χ4v) is 12.9. The minimum absolute atomic E-state index is 0.104. The Hall–Kier alpha value is -1.94. The van der Waals surface area contributed by atoms with Crippen molar-refractivity contribution in [2.45, 2.75) is 395 Å². The van der Waals surface area contributed by atoms with Gasteiger partial charge in [-0.3, -0.25) is 37.3 Å². The van der Waals surface area contributed by atoms with Crippen molar-refractivity contribution in [3.63, 3.8) is 0 Å². The van der Waals surface area contributed by atoms with Crippen molar-refractivity contribution in [3.05, 3.63) is 0 Å². The fourth-order valence-electron chi connectivity index (χ4n) is 11.3. The van der Waals surface area contributed by atoms with Crippen molar-refractivity contribution in [1.29, 1.82) is 0 Å². The van der Waals surface area contributed by atoms with Crippen LogP contribution in [0.25, 0.3) is 0 Å². The van der Waals surface area contributed by atoms with Crippen LogP contribution in [-0.2, 0) is 65.4 Å². The van der Waals surface area contributed by atoms with Gasteiger partial charge in [0.2, 0.25) is 0 Å². The summed E-state index contributed by atoms with van der Waals surface area (Å²) >= 11 is 0. The lowest BCUT2D eigenvalue weighted by Crippen LogP contribution is -2.30. The Balaban J connectivity index is 5.24. The average Bonchev–Trinajstić information content (AvgIpc) is 1.64. The van der Waals surface area contributed by atoms with E-state index >= 15 is 0 Å². The van der Waals surface area contributed by atoms with Crippen LogP contribution in [0.3, 0.4) is 0 Å². The number of carbonyl (C=O) groups excluding carboxylic acids is 4. The minimum atomic E-state index is -4.96. The third-order valence-electron chi connectivity index (χ3n) is 18.0. The molecule has 0 heterocycles. The lowest BCUT2D eigenvalue weighted by molar-refractivity contribution is -0.161. The zero-order chi connectivity index (χ0) is 69.6. The number of esters is 4. The van der Waals surface area contributed by atoms with Gasteiger partial charge in [0.05, 0.1) is 26.4 Å². The number of hydrogen-bond donors (Lipinski definition) is 3. The van der Waals surface area contributed by atoms with Crippen LogP contribution in [0.4, 0.5) is 0 Å². The second kappa shape index (κ2) is 64.4. The first-order valence-corrected chi connectivity index (χ1v) is 41.8. The Bertz CT molecular complexity index is 1850. The molecule has 0 saturated carbocycles. The van der Waals surface area contributed by atoms with E-state index in [4.69, 9.17) is 37.0 Å². The Kier molecular flexibility index (Phi) is 63.1. The third-order valence-corrected chi connectivity index (χ3v) is 19.9. The molecular formula is C75H146O17P2. The second-order valence-corrected chi connectivity index (χ2v) is 31.4. The number of unbranched alkanes of at least 4 members (excludes halogenated alkanes) is 36. The standard InChI is InChI=1S/C75H146O17P2/c1-9-67(7)53-45-37-29-21-18-19-22-31-39-47-55-72(77)85-61-70(92-75(80)58-50-42-33-25-24-30-38-46-54-68(8)10-2)63-89-93(81,82)87-59-69(76)60-88-94(83,84)90-64-71(62-86-73(78)56-48-40-34-26-28-36-44-52-66(5)6)91-74(79)57-49-41-32-23-17-15-13-11-12-14-16-20-27-35-43-51-65(3)4/h65-71,76H,9-64H2,1-8H3,(H,81,82)(H,83,84)/t67?,68?,69?,70-,71-/m1/s1. The van der Waals surface area contributed by atoms with Gasteiger partial charge in [0.25, 0.3) is 0 Å². The van der Waals surface area contributed by atoms with Gasteiger partial charge in [0.15, 0.2) is 12.2 Å². The summed E-state index contributed by atoms with van der Waals surface area (Å²) in [6, 6.07) is 0. The molecule has 0 aromatic rings. The predicted octanol–water partition coefficient (Wildman–Crippen LogP) is 21.7. The van der Waals surface area contributed by atoms with Crippen molar-refractivity contribution < 1.29 is 80.2 Å². The number of rotatable bonds is 72. The van der Waals surface area contributed by atoms with Crippen molar-refractivity contribution in [3.8, 4) is 0 Å². The number of aliphatic hydroxyl groups is 1.